The Labute approximate surface area is 128 Å². The van der Waals surface area contributed by atoms with Gasteiger partial charge in [-0.2, -0.15) is 0 Å². The minimum atomic E-state index is 0.623. The van der Waals surface area contributed by atoms with Gasteiger partial charge in [0.15, 0.2) is 0 Å². The van der Waals surface area contributed by atoms with Gasteiger partial charge >= 0.3 is 0 Å². The topological polar surface area (TPSA) is 21.3 Å². The van der Waals surface area contributed by atoms with Gasteiger partial charge in [-0.3, -0.25) is 0 Å². The third kappa shape index (κ3) is 2.39. The first-order valence-electron chi connectivity index (χ1n) is 6.55. The molecular weight excluding hydrogens is 293 g/mol. The van der Waals surface area contributed by atoms with Crippen LogP contribution in [0, 0.1) is 0 Å². The van der Waals surface area contributed by atoms with Gasteiger partial charge in [0, 0.05) is 6.54 Å². The van der Waals surface area contributed by atoms with Gasteiger partial charge in [0.2, 0.25) is 0 Å². The quantitative estimate of drug-likeness (QED) is 0.892. The van der Waals surface area contributed by atoms with E-state index < -0.39 is 0 Å². The largest absolute Gasteiger partial charge is 0.497 e. The molecule has 0 aliphatic carbocycles. The molecule has 2 aromatic carbocycles. The van der Waals surface area contributed by atoms with Crippen molar-refractivity contribution in [2.75, 3.05) is 13.7 Å². The van der Waals surface area contributed by atoms with E-state index in [4.69, 9.17) is 27.9 Å². The molecule has 2 aromatic rings. The van der Waals surface area contributed by atoms with Gasteiger partial charge in [-0.15, -0.1) is 0 Å². The van der Waals surface area contributed by atoms with Gasteiger partial charge in [-0.25, -0.2) is 0 Å². The fourth-order valence-electron chi connectivity index (χ4n) is 2.63. The molecule has 0 amide bonds. The monoisotopic (exact) mass is 307 g/mol. The molecular formula is C16H15Cl2NO. The fraction of sp³-hybridized carbons (Fsp3) is 0.250. The van der Waals surface area contributed by atoms with Gasteiger partial charge in [0.25, 0.3) is 0 Å². The number of hydrogen-bond acceptors (Lipinski definition) is 2. The molecule has 0 atom stereocenters. The summed E-state index contributed by atoms with van der Waals surface area (Å²) >= 11 is 12.6. The van der Waals surface area contributed by atoms with E-state index in [2.05, 4.69) is 5.32 Å². The minimum Gasteiger partial charge on any atom is -0.497 e. The van der Waals surface area contributed by atoms with Crippen LogP contribution in [0.1, 0.15) is 11.1 Å². The molecule has 4 heteroatoms. The van der Waals surface area contributed by atoms with Crippen LogP contribution in [-0.2, 0) is 13.0 Å². The van der Waals surface area contributed by atoms with E-state index in [9.17, 15) is 0 Å². The van der Waals surface area contributed by atoms with Crippen molar-refractivity contribution in [2.45, 2.75) is 13.0 Å². The van der Waals surface area contributed by atoms with Crippen molar-refractivity contribution in [3.05, 3.63) is 51.5 Å². The molecule has 1 heterocycles. The lowest BCUT2D eigenvalue weighted by Crippen LogP contribution is -2.24. The van der Waals surface area contributed by atoms with Gasteiger partial charge in [-0.05, 0) is 53.4 Å². The van der Waals surface area contributed by atoms with E-state index in [1.54, 1.807) is 7.11 Å². The van der Waals surface area contributed by atoms with Crippen LogP contribution >= 0.6 is 23.2 Å². The highest BCUT2D eigenvalue weighted by Crippen LogP contribution is 2.38. The molecule has 20 heavy (non-hydrogen) atoms. The number of nitrogens with one attached hydrogen (secondary N) is 1. The summed E-state index contributed by atoms with van der Waals surface area (Å²) in [6.45, 7) is 1.77. The van der Waals surface area contributed by atoms with Crippen LogP contribution in [0.4, 0.5) is 0 Å². The Morgan fingerprint density at radius 2 is 1.85 bits per heavy atom. The Hall–Kier alpha value is -1.22. The smallest absolute Gasteiger partial charge is 0.118 e. The molecule has 104 valence electrons. The van der Waals surface area contributed by atoms with Gasteiger partial charge < -0.3 is 10.1 Å². The molecule has 0 radical (unpaired) electrons. The maximum Gasteiger partial charge on any atom is 0.118 e. The molecule has 3 rings (SSSR count). The van der Waals surface area contributed by atoms with Crippen molar-refractivity contribution in [1.82, 2.24) is 5.32 Å². The summed E-state index contributed by atoms with van der Waals surface area (Å²) in [5, 5.41) is 4.71. The molecule has 1 N–H and O–H groups in total. The van der Waals surface area contributed by atoms with Crippen molar-refractivity contribution in [3.63, 3.8) is 0 Å². The van der Waals surface area contributed by atoms with Crippen molar-refractivity contribution >= 4 is 23.2 Å². The van der Waals surface area contributed by atoms with Crippen LogP contribution in [0.15, 0.2) is 30.3 Å². The average Bonchev–Trinajstić information content (AvgIpc) is 2.51. The second-order valence-electron chi connectivity index (χ2n) is 4.83. The molecule has 0 saturated heterocycles. The van der Waals surface area contributed by atoms with E-state index in [0.29, 0.717) is 10.0 Å². The van der Waals surface area contributed by atoms with E-state index in [1.807, 2.05) is 30.3 Å². The number of hydrogen-bond donors (Lipinski definition) is 1. The van der Waals surface area contributed by atoms with Gasteiger partial charge in [0.1, 0.15) is 5.75 Å². The summed E-state index contributed by atoms with van der Waals surface area (Å²) in [6, 6.07) is 9.97. The minimum absolute atomic E-state index is 0.623. The second-order valence-corrected chi connectivity index (χ2v) is 5.62. The van der Waals surface area contributed by atoms with E-state index in [0.717, 1.165) is 36.4 Å². The first-order chi connectivity index (χ1) is 9.70. The first kappa shape index (κ1) is 13.7. The van der Waals surface area contributed by atoms with Gasteiger partial charge in [-0.1, -0.05) is 35.3 Å². The zero-order valence-electron chi connectivity index (χ0n) is 11.2. The predicted molar refractivity (Wildman–Crippen MR) is 83.9 cm³/mol. The molecule has 0 saturated carbocycles. The highest BCUT2D eigenvalue weighted by atomic mass is 35.5. The zero-order valence-corrected chi connectivity index (χ0v) is 12.7. The summed E-state index contributed by atoms with van der Waals surface area (Å²) in [4.78, 5) is 0. The highest BCUT2D eigenvalue weighted by Gasteiger charge is 2.19. The zero-order chi connectivity index (χ0) is 14.1. The highest BCUT2D eigenvalue weighted by molar-refractivity contribution is 6.42. The number of fused-ring (bicyclic) bond motifs is 1. The molecule has 0 fully saturated rings. The number of rotatable bonds is 2. The predicted octanol–water partition coefficient (Wildman–Crippen LogP) is 4.31. The van der Waals surface area contributed by atoms with Crippen molar-refractivity contribution in [3.8, 4) is 16.9 Å². The normalized spacial score (nSPS) is 13.9. The summed E-state index contributed by atoms with van der Waals surface area (Å²) < 4.78 is 5.20. The van der Waals surface area contributed by atoms with Crippen LogP contribution < -0.4 is 10.1 Å². The lowest BCUT2D eigenvalue weighted by Gasteiger charge is -2.23. The molecule has 1 aliphatic rings. The van der Waals surface area contributed by atoms with Crippen LogP contribution in [0.2, 0.25) is 10.0 Å². The van der Waals surface area contributed by atoms with E-state index in [1.165, 1.54) is 11.1 Å². The van der Waals surface area contributed by atoms with Crippen molar-refractivity contribution < 1.29 is 4.74 Å². The lowest BCUT2D eigenvalue weighted by atomic mass is 9.92. The molecule has 1 aliphatic heterocycles. The maximum absolute atomic E-state index is 6.34. The Balaban J connectivity index is 2.14. The first-order valence-corrected chi connectivity index (χ1v) is 7.31. The van der Waals surface area contributed by atoms with Crippen molar-refractivity contribution in [1.29, 1.82) is 0 Å². The summed E-state index contributed by atoms with van der Waals surface area (Å²) in [5.41, 5.74) is 4.69. The lowest BCUT2D eigenvalue weighted by molar-refractivity contribution is 0.415. The molecule has 0 spiro atoms. The third-order valence-corrected chi connectivity index (χ3v) is 4.52. The summed E-state index contributed by atoms with van der Waals surface area (Å²) in [7, 11) is 1.67. The second kappa shape index (κ2) is 5.65. The summed E-state index contributed by atoms with van der Waals surface area (Å²) in [6.07, 6.45) is 0.915. The fourth-order valence-corrected chi connectivity index (χ4v) is 3.12. The number of ether oxygens (including phenoxy) is 1. The number of benzene rings is 2. The average molecular weight is 308 g/mol. The third-order valence-electron chi connectivity index (χ3n) is 3.69. The Morgan fingerprint density at radius 1 is 1.10 bits per heavy atom. The number of methoxy groups -OCH3 is 1. The van der Waals surface area contributed by atoms with Crippen molar-refractivity contribution in [2.24, 2.45) is 0 Å². The van der Waals surface area contributed by atoms with Crippen LogP contribution in [0.25, 0.3) is 11.1 Å². The Bertz CT molecular complexity index is 638. The van der Waals surface area contributed by atoms with E-state index in [-0.39, 0.29) is 0 Å². The number of halogens is 2. The summed E-state index contributed by atoms with van der Waals surface area (Å²) in [5.74, 6) is 0.848. The molecule has 2 nitrogen and oxygen atoms in total. The maximum atomic E-state index is 6.34. The Morgan fingerprint density at radius 3 is 2.55 bits per heavy atom. The van der Waals surface area contributed by atoms with Crippen LogP contribution in [0.3, 0.4) is 0 Å². The molecule has 0 bridgehead atoms. The van der Waals surface area contributed by atoms with Crippen LogP contribution in [0.5, 0.6) is 5.75 Å². The van der Waals surface area contributed by atoms with Gasteiger partial charge in [0.05, 0.1) is 17.2 Å². The molecule has 0 unspecified atom stereocenters. The van der Waals surface area contributed by atoms with E-state index >= 15 is 0 Å². The SMILES string of the molecule is COc1ccc(-c2cc(Cl)c(Cl)c3c2CNCC3)cc1. The van der Waals surface area contributed by atoms with Crippen LogP contribution in [-0.4, -0.2) is 13.7 Å². The molecule has 0 aromatic heterocycles. The standard InChI is InChI=1S/C16H15Cl2NO/c1-20-11-4-2-10(3-5-11)13-8-15(17)16(18)12-6-7-19-9-14(12)13/h2-5,8,19H,6-7,9H2,1H3. The Kier molecular flexibility index (Phi) is 3.88.